The van der Waals surface area contributed by atoms with Crippen LogP contribution in [0.3, 0.4) is 0 Å². The fourth-order valence-electron chi connectivity index (χ4n) is 2.97. The van der Waals surface area contributed by atoms with Gasteiger partial charge in [0.15, 0.2) is 11.4 Å². The van der Waals surface area contributed by atoms with Crippen LogP contribution in [-0.2, 0) is 0 Å². The topological polar surface area (TPSA) is 133 Å². The minimum atomic E-state index is -0.567. The number of methoxy groups -OCH3 is 2. The maximum atomic E-state index is 12.8. The van der Waals surface area contributed by atoms with Crippen LogP contribution < -0.4 is 30.2 Å². The van der Waals surface area contributed by atoms with Gasteiger partial charge in [0.25, 0.3) is 5.91 Å². The van der Waals surface area contributed by atoms with E-state index < -0.39 is 5.91 Å². The van der Waals surface area contributed by atoms with Crippen molar-refractivity contribution in [3.63, 3.8) is 0 Å². The predicted molar refractivity (Wildman–Crippen MR) is 139 cm³/mol. The number of rotatable bonds is 11. The van der Waals surface area contributed by atoms with Crippen LogP contribution in [0.15, 0.2) is 28.9 Å². The highest BCUT2D eigenvalue weighted by molar-refractivity contribution is 6.04. The first kappa shape index (κ1) is 28.4. The Balaban J connectivity index is 0.00000222. The fraction of sp³-hybridized carbons (Fsp3) is 0.440. The van der Waals surface area contributed by atoms with E-state index in [-0.39, 0.29) is 29.2 Å². The predicted octanol–water partition coefficient (Wildman–Crippen LogP) is 4.62. The van der Waals surface area contributed by atoms with Crippen molar-refractivity contribution in [2.75, 3.05) is 45.0 Å². The number of likely N-dealkylation sites (N-methyl/N-ethyl adjacent to an activating group) is 1. The summed E-state index contributed by atoms with van der Waals surface area (Å²) in [5, 5.41) is 8.73. The molecule has 0 radical (unpaired) electrons. The summed E-state index contributed by atoms with van der Waals surface area (Å²) in [6, 6.07) is 5.95. The largest absolute Gasteiger partial charge is 0.479 e. The summed E-state index contributed by atoms with van der Waals surface area (Å²) in [4.78, 5) is 25.5. The molecule has 0 bridgehead atoms. The molecule has 0 saturated carbocycles. The molecule has 2 heterocycles. The van der Waals surface area contributed by atoms with Gasteiger partial charge in [0.2, 0.25) is 17.7 Å². The number of carbonyl (C=O) groups is 1. The average Bonchev–Trinajstić information content (AvgIpc) is 3.35. The SMILES string of the molecule is CC.CNCCNc1nc(OC)c(NC(=O)c2coc(Oc3cc(C(C)C)ccc3C)n2)c(OC)n1. The summed E-state index contributed by atoms with van der Waals surface area (Å²) < 4.78 is 21.8. The Hall–Kier alpha value is -3.86. The Labute approximate surface area is 212 Å². The summed E-state index contributed by atoms with van der Waals surface area (Å²) in [5.74, 6) is 0.950. The molecule has 0 unspecified atom stereocenters. The van der Waals surface area contributed by atoms with Crippen LogP contribution in [0, 0.1) is 6.92 Å². The number of aromatic nitrogens is 3. The van der Waals surface area contributed by atoms with Crippen LogP contribution in [0.4, 0.5) is 11.6 Å². The zero-order valence-corrected chi connectivity index (χ0v) is 22.2. The van der Waals surface area contributed by atoms with Gasteiger partial charge in [-0.25, -0.2) is 0 Å². The molecule has 0 fully saturated rings. The van der Waals surface area contributed by atoms with E-state index in [1.807, 2.05) is 46.0 Å². The molecule has 196 valence electrons. The number of benzene rings is 1. The molecule has 36 heavy (non-hydrogen) atoms. The Morgan fingerprint density at radius 1 is 1.06 bits per heavy atom. The van der Waals surface area contributed by atoms with Crippen LogP contribution in [0.25, 0.3) is 0 Å². The third-order valence-corrected chi connectivity index (χ3v) is 4.92. The Kier molecular flexibility index (Phi) is 10.9. The van der Waals surface area contributed by atoms with Crippen molar-refractivity contribution >= 4 is 17.5 Å². The summed E-state index contributed by atoms with van der Waals surface area (Å²) in [6.07, 6.45) is 1.16. The monoisotopic (exact) mass is 500 g/mol. The molecule has 0 aliphatic heterocycles. The lowest BCUT2D eigenvalue weighted by Gasteiger charge is -2.14. The maximum absolute atomic E-state index is 12.8. The second-order valence-electron chi connectivity index (χ2n) is 7.71. The van der Waals surface area contributed by atoms with Gasteiger partial charge in [0, 0.05) is 13.1 Å². The first-order valence-electron chi connectivity index (χ1n) is 11.8. The van der Waals surface area contributed by atoms with Gasteiger partial charge in [-0.1, -0.05) is 39.8 Å². The average molecular weight is 501 g/mol. The minimum absolute atomic E-state index is 0.00740. The second-order valence-corrected chi connectivity index (χ2v) is 7.71. The molecular weight excluding hydrogens is 464 g/mol. The standard InChI is InChI=1S/C23H30N6O5.C2H6/c1-13(2)15-8-7-14(3)17(11-15)34-23-26-16(12-33-23)19(30)27-18-20(31-5)28-22(25-10-9-24-4)29-21(18)32-6;1-2/h7-8,11-13,24H,9-10H2,1-6H3,(H,27,30)(H,25,28,29);1-2H3. The molecular formula is C25H36N6O5. The molecule has 11 heteroatoms. The highest BCUT2D eigenvalue weighted by Gasteiger charge is 2.22. The summed E-state index contributed by atoms with van der Waals surface area (Å²) >= 11 is 0. The first-order chi connectivity index (χ1) is 17.4. The molecule has 0 saturated heterocycles. The normalized spacial score (nSPS) is 10.4. The number of hydrogen-bond acceptors (Lipinski definition) is 10. The van der Waals surface area contributed by atoms with Crippen LogP contribution in [0.5, 0.6) is 23.6 Å². The van der Waals surface area contributed by atoms with Gasteiger partial charge < -0.3 is 34.6 Å². The quantitative estimate of drug-likeness (QED) is 0.320. The molecule has 11 nitrogen and oxygen atoms in total. The van der Waals surface area contributed by atoms with E-state index in [0.29, 0.717) is 30.7 Å². The highest BCUT2D eigenvalue weighted by atomic mass is 16.6. The van der Waals surface area contributed by atoms with Crippen molar-refractivity contribution in [1.29, 1.82) is 0 Å². The van der Waals surface area contributed by atoms with Gasteiger partial charge in [0.1, 0.15) is 12.0 Å². The third kappa shape index (κ3) is 7.32. The first-order valence-corrected chi connectivity index (χ1v) is 11.8. The van der Waals surface area contributed by atoms with Crippen molar-refractivity contribution in [2.24, 2.45) is 0 Å². The number of amides is 1. The van der Waals surface area contributed by atoms with Crippen molar-refractivity contribution < 1.29 is 23.4 Å². The molecule has 3 N–H and O–H groups in total. The van der Waals surface area contributed by atoms with Crippen molar-refractivity contribution in [2.45, 2.75) is 40.5 Å². The molecule has 0 aliphatic rings. The van der Waals surface area contributed by atoms with Gasteiger partial charge in [0.05, 0.1) is 14.2 Å². The van der Waals surface area contributed by atoms with E-state index in [1.165, 1.54) is 20.5 Å². The second kappa shape index (κ2) is 13.9. The number of carbonyl (C=O) groups excluding carboxylic acids is 1. The van der Waals surface area contributed by atoms with E-state index in [4.69, 9.17) is 18.6 Å². The van der Waals surface area contributed by atoms with Crippen LogP contribution in [-0.4, -0.2) is 55.2 Å². The van der Waals surface area contributed by atoms with Crippen LogP contribution in [0.2, 0.25) is 0 Å². The fourth-order valence-corrected chi connectivity index (χ4v) is 2.97. The van der Waals surface area contributed by atoms with Crippen molar-refractivity contribution in [3.8, 4) is 23.6 Å². The van der Waals surface area contributed by atoms with E-state index in [9.17, 15) is 4.79 Å². The summed E-state index contributed by atoms with van der Waals surface area (Å²) in [7, 11) is 4.71. The zero-order chi connectivity index (χ0) is 26.7. The minimum Gasteiger partial charge on any atom is -0.479 e. The summed E-state index contributed by atoms with van der Waals surface area (Å²) in [5.41, 5.74) is 2.21. The molecule has 3 aromatic rings. The number of ether oxygens (including phenoxy) is 3. The highest BCUT2D eigenvalue weighted by Crippen LogP contribution is 2.33. The Bertz CT molecular complexity index is 1110. The lowest BCUT2D eigenvalue weighted by atomic mass is 10.0. The lowest BCUT2D eigenvalue weighted by Crippen LogP contribution is -2.20. The van der Waals surface area contributed by atoms with Crippen LogP contribution >= 0.6 is 0 Å². The van der Waals surface area contributed by atoms with E-state index in [1.54, 1.807) is 0 Å². The Morgan fingerprint density at radius 2 is 1.72 bits per heavy atom. The van der Waals surface area contributed by atoms with Gasteiger partial charge >= 0.3 is 6.08 Å². The van der Waals surface area contributed by atoms with Gasteiger partial charge in [-0.3, -0.25) is 4.79 Å². The zero-order valence-electron chi connectivity index (χ0n) is 22.2. The molecule has 1 amide bonds. The van der Waals surface area contributed by atoms with E-state index in [0.717, 1.165) is 11.1 Å². The number of aryl methyl sites for hydroxylation is 1. The van der Waals surface area contributed by atoms with Crippen molar-refractivity contribution in [3.05, 3.63) is 41.3 Å². The molecule has 3 rings (SSSR count). The number of hydrogen-bond donors (Lipinski definition) is 3. The smallest absolute Gasteiger partial charge is 0.399 e. The Morgan fingerprint density at radius 3 is 2.31 bits per heavy atom. The number of anilines is 2. The summed E-state index contributed by atoms with van der Waals surface area (Å²) in [6.45, 7) is 11.4. The van der Waals surface area contributed by atoms with Crippen molar-refractivity contribution in [1.82, 2.24) is 20.3 Å². The number of nitrogens with one attached hydrogen (secondary N) is 3. The van der Waals surface area contributed by atoms with Gasteiger partial charge in [-0.05, 0) is 37.1 Å². The lowest BCUT2D eigenvalue weighted by molar-refractivity contribution is 0.102. The van der Waals surface area contributed by atoms with E-state index in [2.05, 4.69) is 44.7 Å². The van der Waals surface area contributed by atoms with Crippen LogP contribution in [0.1, 0.15) is 55.2 Å². The number of nitrogens with zero attached hydrogens (tertiary/aromatic N) is 3. The van der Waals surface area contributed by atoms with Gasteiger partial charge in [-0.15, -0.1) is 0 Å². The van der Waals surface area contributed by atoms with Gasteiger partial charge in [-0.2, -0.15) is 15.0 Å². The maximum Gasteiger partial charge on any atom is 0.399 e. The number of oxazole rings is 1. The molecule has 0 atom stereocenters. The molecule has 2 aromatic heterocycles. The molecule has 0 spiro atoms. The molecule has 0 aliphatic carbocycles. The third-order valence-electron chi connectivity index (χ3n) is 4.92. The van der Waals surface area contributed by atoms with E-state index >= 15 is 0 Å². The molecule has 1 aromatic carbocycles.